The van der Waals surface area contributed by atoms with E-state index in [-0.39, 0.29) is 11.2 Å². The fraction of sp³-hybridized carbons (Fsp3) is 0.733. The average molecular weight is 360 g/mol. The first-order valence-electron chi connectivity index (χ1n) is 7.20. The van der Waals surface area contributed by atoms with Crippen LogP contribution in [0.4, 0.5) is 0 Å². The van der Waals surface area contributed by atoms with Crippen molar-refractivity contribution in [2.45, 2.75) is 40.3 Å². The molecule has 0 saturated carbocycles. The Labute approximate surface area is 135 Å². The van der Waals surface area contributed by atoms with E-state index in [9.17, 15) is 4.79 Å². The van der Waals surface area contributed by atoms with Gasteiger partial charge < -0.3 is 9.64 Å². The molecule has 1 heterocycles. The van der Waals surface area contributed by atoms with Gasteiger partial charge in [-0.05, 0) is 42.4 Å². The molecule has 0 aliphatic carbocycles. The number of nitrogens with zero attached hydrogens (tertiary/aromatic N) is 3. The van der Waals surface area contributed by atoms with Gasteiger partial charge in [0.1, 0.15) is 11.8 Å². The molecule has 0 saturated heterocycles. The zero-order chi connectivity index (χ0) is 16.2. The van der Waals surface area contributed by atoms with Gasteiger partial charge in [-0.1, -0.05) is 20.8 Å². The number of ketones is 1. The molecule has 0 fully saturated rings. The van der Waals surface area contributed by atoms with Crippen LogP contribution in [-0.4, -0.2) is 53.8 Å². The highest BCUT2D eigenvalue weighted by Crippen LogP contribution is 2.28. The number of aromatic nitrogens is 2. The SMILES string of the molecule is CCOC(C(=O)c1c(Br)cnn1CCN(C)C)C(C)(C)C. The maximum absolute atomic E-state index is 12.9. The topological polar surface area (TPSA) is 47.4 Å². The summed E-state index contributed by atoms with van der Waals surface area (Å²) < 4.78 is 8.18. The lowest BCUT2D eigenvalue weighted by Crippen LogP contribution is -2.38. The van der Waals surface area contributed by atoms with Crippen LogP contribution in [0, 0.1) is 5.41 Å². The van der Waals surface area contributed by atoms with Crippen LogP contribution in [0.2, 0.25) is 0 Å². The second kappa shape index (κ2) is 7.51. The summed E-state index contributed by atoms with van der Waals surface area (Å²) >= 11 is 3.44. The lowest BCUT2D eigenvalue weighted by atomic mass is 9.85. The molecule has 0 bridgehead atoms. The molecule has 1 aromatic rings. The monoisotopic (exact) mass is 359 g/mol. The number of hydrogen-bond acceptors (Lipinski definition) is 4. The molecule has 0 amide bonds. The third-order valence-corrected chi connectivity index (χ3v) is 3.73. The predicted molar refractivity (Wildman–Crippen MR) is 87.7 cm³/mol. The number of rotatable bonds is 7. The molecule has 6 heteroatoms. The predicted octanol–water partition coefficient (Wildman–Crippen LogP) is 2.84. The van der Waals surface area contributed by atoms with Crippen LogP contribution in [0.25, 0.3) is 0 Å². The molecular weight excluding hydrogens is 334 g/mol. The Hall–Kier alpha value is -0.720. The summed E-state index contributed by atoms with van der Waals surface area (Å²) in [6.45, 7) is 9.95. The quantitative estimate of drug-likeness (QED) is 0.702. The normalized spacial score (nSPS) is 13.7. The van der Waals surface area contributed by atoms with Crippen LogP contribution in [0.15, 0.2) is 10.7 Å². The van der Waals surface area contributed by atoms with Crippen molar-refractivity contribution < 1.29 is 9.53 Å². The zero-order valence-corrected chi connectivity index (χ0v) is 15.4. The highest BCUT2D eigenvalue weighted by atomic mass is 79.9. The lowest BCUT2D eigenvalue weighted by Gasteiger charge is -2.29. The van der Waals surface area contributed by atoms with Crippen molar-refractivity contribution in [3.05, 3.63) is 16.4 Å². The minimum absolute atomic E-state index is 0.0209. The van der Waals surface area contributed by atoms with Gasteiger partial charge in [0.25, 0.3) is 0 Å². The first kappa shape index (κ1) is 18.3. The maximum Gasteiger partial charge on any atom is 0.211 e. The number of hydrogen-bond donors (Lipinski definition) is 0. The molecule has 120 valence electrons. The molecule has 1 rings (SSSR count). The van der Waals surface area contributed by atoms with E-state index in [4.69, 9.17) is 4.74 Å². The van der Waals surface area contributed by atoms with Crippen molar-refractivity contribution in [2.75, 3.05) is 27.2 Å². The molecule has 0 aliphatic heterocycles. The summed E-state index contributed by atoms with van der Waals surface area (Å²) in [5, 5.41) is 4.30. The highest BCUT2D eigenvalue weighted by Gasteiger charge is 2.35. The minimum Gasteiger partial charge on any atom is -0.370 e. The van der Waals surface area contributed by atoms with Crippen molar-refractivity contribution in [3.8, 4) is 0 Å². The molecule has 21 heavy (non-hydrogen) atoms. The number of likely N-dealkylation sites (N-methyl/N-ethyl adjacent to an activating group) is 1. The molecule has 0 N–H and O–H groups in total. The Balaban J connectivity index is 3.07. The molecule has 0 aliphatic rings. The molecular formula is C15H26BrN3O2. The first-order valence-corrected chi connectivity index (χ1v) is 7.99. The molecule has 0 radical (unpaired) electrons. The van der Waals surface area contributed by atoms with Crippen LogP contribution < -0.4 is 0 Å². The second-order valence-corrected chi connectivity index (χ2v) is 7.29. The number of halogens is 1. The highest BCUT2D eigenvalue weighted by molar-refractivity contribution is 9.10. The lowest BCUT2D eigenvalue weighted by molar-refractivity contribution is -0.00102. The van der Waals surface area contributed by atoms with Gasteiger partial charge in [0.2, 0.25) is 5.78 Å². The Bertz CT molecular complexity index is 478. The number of carbonyl (C=O) groups excluding carboxylic acids is 1. The van der Waals surface area contributed by atoms with Crippen molar-refractivity contribution >= 4 is 21.7 Å². The minimum atomic E-state index is -0.478. The summed E-state index contributed by atoms with van der Waals surface area (Å²) in [4.78, 5) is 15.0. The van der Waals surface area contributed by atoms with Crippen LogP contribution in [-0.2, 0) is 11.3 Å². The van der Waals surface area contributed by atoms with Gasteiger partial charge in [0, 0.05) is 13.2 Å². The standard InChI is InChI=1S/C15H26BrN3O2/c1-7-21-14(15(2,3)4)13(20)12-11(16)10-17-19(12)9-8-18(5)6/h10,14H,7-9H2,1-6H3. The largest absolute Gasteiger partial charge is 0.370 e. The Morgan fingerprint density at radius 3 is 2.57 bits per heavy atom. The number of Topliss-reactive ketones (excluding diaryl/α,β-unsaturated/α-hetero) is 1. The van der Waals surface area contributed by atoms with E-state index in [0.29, 0.717) is 18.8 Å². The Morgan fingerprint density at radius 1 is 1.48 bits per heavy atom. The van der Waals surface area contributed by atoms with E-state index in [1.807, 2.05) is 41.8 Å². The summed E-state index contributed by atoms with van der Waals surface area (Å²) in [6.07, 6.45) is 1.20. The van der Waals surface area contributed by atoms with Crippen molar-refractivity contribution in [3.63, 3.8) is 0 Å². The smallest absolute Gasteiger partial charge is 0.211 e. The average Bonchev–Trinajstić information content (AvgIpc) is 2.72. The number of carbonyl (C=O) groups is 1. The van der Waals surface area contributed by atoms with Gasteiger partial charge in [-0.2, -0.15) is 5.10 Å². The number of ether oxygens (including phenoxy) is 1. The van der Waals surface area contributed by atoms with Gasteiger partial charge >= 0.3 is 0 Å². The van der Waals surface area contributed by atoms with E-state index >= 15 is 0 Å². The zero-order valence-electron chi connectivity index (χ0n) is 13.8. The fourth-order valence-corrected chi connectivity index (χ4v) is 2.57. The van der Waals surface area contributed by atoms with E-state index in [1.54, 1.807) is 10.9 Å². The molecule has 1 atom stereocenters. The molecule has 1 aromatic heterocycles. The van der Waals surface area contributed by atoms with Crippen molar-refractivity contribution in [1.82, 2.24) is 14.7 Å². The second-order valence-electron chi connectivity index (χ2n) is 6.43. The van der Waals surface area contributed by atoms with Gasteiger partial charge in [0.05, 0.1) is 17.2 Å². The van der Waals surface area contributed by atoms with E-state index in [0.717, 1.165) is 11.0 Å². The van der Waals surface area contributed by atoms with Crippen LogP contribution in [0.3, 0.4) is 0 Å². The third kappa shape index (κ3) is 4.90. The maximum atomic E-state index is 12.9. The Morgan fingerprint density at radius 2 is 2.10 bits per heavy atom. The van der Waals surface area contributed by atoms with Crippen molar-refractivity contribution in [2.24, 2.45) is 5.41 Å². The first-order chi connectivity index (χ1) is 9.68. The third-order valence-electron chi connectivity index (χ3n) is 3.15. The molecule has 0 spiro atoms. The van der Waals surface area contributed by atoms with E-state index < -0.39 is 6.10 Å². The van der Waals surface area contributed by atoms with E-state index in [1.165, 1.54) is 0 Å². The molecule has 0 aromatic carbocycles. The van der Waals surface area contributed by atoms with Gasteiger partial charge in [-0.15, -0.1) is 0 Å². The summed E-state index contributed by atoms with van der Waals surface area (Å²) in [7, 11) is 4.00. The molecule has 5 nitrogen and oxygen atoms in total. The van der Waals surface area contributed by atoms with Crippen LogP contribution >= 0.6 is 15.9 Å². The van der Waals surface area contributed by atoms with Crippen LogP contribution in [0.1, 0.15) is 38.2 Å². The summed E-state index contributed by atoms with van der Waals surface area (Å²) in [5.74, 6) is -0.0209. The van der Waals surface area contributed by atoms with Crippen molar-refractivity contribution in [1.29, 1.82) is 0 Å². The van der Waals surface area contributed by atoms with Gasteiger partial charge in [0.15, 0.2) is 0 Å². The summed E-state index contributed by atoms with van der Waals surface area (Å²) in [6, 6.07) is 0. The van der Waals surface area contributed by atoms with E-state index in [2.05, 4.69) is 25.9 Å². The summed E-state index contributed by atoms with van der Waals surface area (Å²) in [5.41, 5.74) is 0.327. The fourth-order valence-electron chi connectivity index (χ4n) is 2.08. The van der Waals surface area contributed by atoms with Crippen LogP contribution in [0.5, 0.6) is 0 Å². The van der Waals surface area contributed by atoms with Gasteiger partial charge in [-0.25, -0.2) is 0 Å². The van der Waals surface area contributed by atoms with Gasteiger partial charge in [-0.3, -0.25) is 9.48 Å². The molecule has 1 unspecified atom stereocenters. The Kier molecular flexibility index (Phi) is 6.56.